The largest absolute Gasteiger partial charge is 0.350 e. The molecule has 0 saturated carbocycles. The van der Waals surface area contributed by atoms with Gasteiger partial charge in [-0.2, -0.15) is 0 Å². The van der Waals surface area contributed by atoms with Gasteiger partial charge in [0.15, 0.2) is 0 Å². The number of nitrogen functional groups attached to an aromatic ring is 1. The summed E-state index contributed by atoms with van der Waals surface area (Å²) < 4.78 is 24.4. The summed E-state index contributed by atoms with van der Waals surface area (Å²) in [6.07, 6.45) is 0. The second-order valence-corrected chi connectivity index (χ2v) is 5.90. The minimum Gasteiger partial charge on any atom is -0.350 e. The molecule has 0 aliphatic rings. The van der Waals surface area contributed by atoms with Crippen molar-refractivity contribution in [3.05, 3.63) is 22.8 Å². The average molecular weight is 308 g/mol. The van der Waals surface area contributed by atoms with Crippen LogP contribution in [0.25, 0.3) is 0 Å². The molecule has 8 nitrogen and oxygen atoms in total. The van der Waals surface area contributed by atoms with Crippen molar-refractivity contribution in [2.24, 2.45) is 5.84 Å². The fourth-order valence-electron chi connectivity index (χ4n) is 1.17. The van der Waals surface area contributed by atoms with Gasteiger partial charge in [0.25, 0.3) is 5.91 Å². The number of rotatable bonds is 6. The lowest BCUT2D eigenvalue weighted by atomic mass is 10.3. The molecule has 0 saturated heterocycles. The van der Waals surface area contributed by atoms with Crippen LogP contribution in [0.15, 0.2) is 12.1 Å². The van der Waals surface area contributed by atoms with Crippen molar-refractivity contribution in [2.45, 2.75) is 0 Å². The smallest absolute Gasteiger partial charge is 0.271 e. The molecule has 0 aliphatic heterocycles. The Bertz CT molecular complexity index is 563. The van der Waals surface area contributed by atoms with Crippen LogP contribution in [0.2, 0.25) is 5.02 Å². The standard InChI is InChI=1S/C9H14ClN5O3S/c1-12-19(17,18)5-4-13-9(16)8-6(10)2-3-7(14-8)15-11/h2-3,12H,4-5,11H2,1H3,(H,13,16)(H,14,15). The molecule has 1 amide bonds. The number of nitrogens with zero attached hydrogens (tertiary/aromatic N) is 1. The van der Waals surface area contributed by atoms with Crippen LogP contribution in [0, 0.1) is 0 Å². The molecule has 10 heteroatoms. The minimum atomic E-state index is -3.37. The number of aromatic nitrogens is 1. The van der Waals surface area contributed by atoms with E-state index in [1.54, 1.807) is 0 Å². The maximum absolute atomic E-state index is 11.8. The highest BCUT2D eigenvalue weighted by Gasteiger charge is 2.14. The van der Waals surface area contributed by atoms with Crippen molar-refractivity contribution in [3.8, 4) is 0 Å². The Labute approximate surface area is 115 Å². The van der Waals surface area contributed by atoms with Crippen LogP contribution in [0.5, 0.6) is 0 Å². The third kappa shape index (κ3) is 4.63. The first-order chi connectivity index (χ1) is 8.89. The van der Waals surface area contributed by atoms with Gasteiger partial charge in [-0.05, 0) is 19.2 Å². The fourth-order valence-corrected chi connectivity index (χ4v) is 1.93. The summed E-state index contributed by atoms with van der Waals surface area (Å²) in [4.78, 5) is 15.6. The molecule has 1 heterocycles. The topological polar surface area (TPSA) is 126 Å². The third-order valence-corrected chi connectivity index (χ3v) is 3.84. The predicted octanol–water partition coefficient (Wildman–Crippen LogP) is -0.700. The van der Waals surface area contributed by atoms with Crippen LogP contribution in [-0.2, 0) is 10.0 Å². The Morgan fingerprint density at radius 2 is 2.16 bits per heavy atom. The molecule has 1 aromatic heterocycles. The molecule has 0 bridgehead atoms. The predicted molar refractivity (Wildman–Crippen MR) is 72.2 cm³/mol. The number of hydrogen-bond acceptors (Lipinski definition) is 6. The van der Waals surface area contributed by atoms with Crippen LogP contribution >= 0.6 is 11.6 Å². The second kappa shape index (κ2) is 6.66. The highest BCUT2D eigenvalue weighted by molar-refractivity contribution is 7.89. The maximum Gasteiger partial charge on any atom is 0.271 e. The Balaban J connectivity index is 2.68. The molecule has 0 atom stereocenters. The summed E-state index contributed by atoms with van der Waals surface area (Å²) >= 11 is 5.82. The lowest BCUT2D eigenvalue weighted by Gasteiger charge is -2.07. The molecule has 1 aromatic rings. The van der Waals surface area contributed by atoms with Gasteiger partial charge < -0.3 is 10.7 Å². The van der Waals surface area contributed by atoms with E-state index in [0.29, 0.717) is 0 Å². The molecule has 0 spiro atoms. The highest BCUT2D eigenvalue weighted by atomic mass is 35.5. The number of nitrogens with one attached hydrogen (secondary N) is 3. The number of nitrogens with two attached hydrogens (primary N) is 1. The normalized spacial score (nSPS) is 11.1. The van der Waals surface area contributed by atoms with Crippen LogP contribution in [0.1, 0.15) is 10.5 Å². The second-order valence-electron chi connectivity index (χ2n) is 3.45. The van der Waals surface area contributed by atoms with Gasteiger partial charge in [-0.1, -0.05) is 11.6 Å². The Kier molecular flexibility index (Phi) is 5.48. The van der Waals surface area contributed by atoms with Gasteiger partial charge in [-0.3, -0.25) is 4.79 Å². The SMILES string of the molecule is CNS(=O)(=O)CCNC(=O)c1nc(NN)ccc1Cl. The molecule has 0 radical (unpaired) electrons. The van der Waals surface area contributed by atoms with Gasteiger partial charge in [0, 0.05) is 6.54 Å². The lowest BCUT2D eigenvalue weighted by molar-refractivity contribution is 0.0951. The van der Waals surface area contributed by atoms with E-state index in [9.17, 15) is 13.2 Å². The van der Waals surface area contributed by atoms with Crippen LogP contribution in [0.4, 0.5) is 5.82 Å². The third-order valence-electron chi connectivity index (χ3n) is 2.18. The van der Waals surface area contributed by atoms with Gasteiger partial charge in [-0.25, -0.2) is 24.0 Å². The maximum atomic E-state index is 11.8. The molecule has 19 heavy (non-hydrogen) atoms. The van der Waals surface area contributed by atoms with Crippen LogP contribution < -0.4 is 21.3 Å². The number of anilines is 1. The van der Waals surface area contributed by atoms with Crippen LogP contribution in [-0.4, -0.2) is 38.7 Å². The van der Waals surface area contributed by atoms with Crippen molar-refractivity contribution in [1.82, 2.24) is 15.0 Å². The number of sulfonamides is 1. The molecule has 0 unspecified atom stereocenters. The van der Waals surface area contributed by atoms with E-state index in [0.717, 1.165) is 0 Å². The van der Waals surface area contributed by atoms with E-state index in [4.69, 9.17) is 17.4 Å². The lowest BCUT2D eigenvalue weighted by Crippen LogP contribution is -2.33. The fraction of sp³-hybridized carbons (Fsp3) is 0.333. The first kappa shape index (κ1) is 15.6. The molecule has 5 N–H and O–H groups in total. The minimum absolute atomic E-state index is 0.0287. The van der Waals surface area contributed by atoms with Crippen molar-refractivity contribution in [3.63, 3.8) is 0 Å². The number of carbonyl (C=O) groups is 1. The van der Waals surface area contributed by atoms with Crippen molar-refractivity contribution in [2.75, 3.05) is 24.8 Å². The summed E-state index contributed by atoms with van der Waals surface area (Å²) in [7, 11) is -2.07. The van der Waals surface area contributed by atoms with Crippen molar-refractivity contribution in [1.29, 1.82) is 0 Å². The summed E-state index contributed by atoms with van der Waals surface area (Å²) in [5, 5.41) is 2.55. The molecule has 106 valence electrons. The van der Waals surface area contributed by atoms with Gasteiger partial charge in [0.1, 0.15) is 11.5 Å². The van der Waals surface area contributed by atoms with Gasteiger partial charge in [-0.15, -0.1) is 0 Å². The van der Waals surface area contributed by atoms with Gasteiger partial charge in [0.05, 0.1) is 10.8 Å². The number of hydrogen-bond donors (Lipinski definition) is 4. The first-order valence-corrected chi connectivity index (χ1v) is 7.25. The molecule has 0 aliphatic carbocycles. The average Bonchev–Trinajstić information content (AvgIpc) is 2.39. The molecule has 0 aromatic carbocycles. The highest BCUT2D eigenvalue weighted by Crippen LogP contribution is 2.15. The van der Waals surface area contributed by atoms with E-state index in [1.807, 2.05) is 0 Å². The number of pyridine rings is 1. The number of carbonyl (C=O) groups excluding carboxylic acids is 1. The zero-order chi connectivity index (χ0) is 14.5. The Morgan fingerprint density at radius 3 is 2.74 bits per heavy atom. The van der Waals surface area contributed by atoms with E-state index in [2.05, 4.69) is 20.4 Å². The summed E-state index contributed by atoms with van der Waals surface area (Å²) in [5.74, 6) is 4.63. The Morgan fingerprint density at radius 1 is 1.47 bits per heavy atom. The zero-order valence-electron chi connectivity index (χ0n) is 10.1. The van der Waals surface area contributed by atoms with E-state index < -0.39 is 15.9 Å². The number of halogens is 1. The molecule has 1 rings (SSSR count). The van der Waals surface area contributed by atoms with E-state index in [-0.39, 0.29) is 28.8 Å². The van der Waals surface area contributed by atoms with Crippen molar-refractivity contribution >= 4 is 33.3 Å². The zero-order valence-corrected chi connectivity index (χ0v) is 11.7. The summed E-state index contributed by atoms with van der Waals surface area (Å²) in [6.45, 7) is -0.0553. The molecule has 0 fully saturated rings. The van der Waals surface area contributed by atoms with Gasteiger partial charge in [0.2, 0.25) is 10.0 Å². The van der Waals surface area contributed by atoms with Crippen molar-refractivity contribution < 1.29 is 13.2 Å². The molecular weight excluding hydrogens is 294 g/mol. The monoisotopic (exact) mass is 307 g/mol. The van der Waals surface area contributed by atoms with Crippen LogP contribution in [0.3, 0.4) is 0 Å². The molecular formula is C9H14ClN5O3S. The number of hydrazine groups is 1. The number of amides is 1. The van der Waals surface area contributed by atoms with Gasteiger partial charge >= 0.3 is 0 Å². The van der Waals surface area contributed by atoms with E-state index in [1.165, 1.54) is 19.2 Å². The quantitative estimate of drug-likeness (QED) is 0.407. The summed E-state index contributed by atoms with van der Waals surface area (Å²) in [6, 6.07) is 2.97. The summed E-state index contributed by atoms with van der Waals surface area (Å²) in [5.41, 5.74) is 2.25. The first-order valence-electron chi connectivity index (χ1n) is 5.22. The van der Waals surface area contributed by atoms with E-state index >= 15 is 0 Å². The Hall–Kier alpha value is -1.42.